The molecule has 0 saturated carbocycles. The number of hydrogen-bond donors (Lipinski definition) is 1. The van der Waals surface area contributed by atoms with E-state index < -0.39 is 11.6 Å². The second-order valence-corrected chi connectivity index (χ2v) is 3.73. The Morgan fingerprint density at radius 3 is 1.94 bits per heavy atom. The highest BCUT2D eigenvalue weighted by Crippen LogP contribution is 2.29. The van der Waals surface area contributed by atoms with Crippen LogP contribution in [0.2, 0.25) is 5.02 Å². The van der Waals surface area contributed by atoms with Crippen LogP contribution in [0.4, 0.5) is 8.78 Å². The SMILES string of the molecule is Oc1ccc(-c2c(F)cc(Cl)cc2F)cc1. The summed E-state index contributed by atoms with van der Waals surface area (Å²) in [5.74, 6) is -1.41. The van der Waals surface area contributed by atoms with Crippen LogP contribution in [0.1, 0.15) is 0 Å². The summed E-state index contributed by atoms with van der Waals surface area (Å²) in [7, 11) is 0. The van der Waals surface area contributed by atoms with Crippen molar-refractivity contribution in [1.29, 1.82) is 0 Å². The van der Waals surface area contributed by atoms with Gasteiger partial charge in [-0.2, -0.15) is 0 Å². The normalized spacial score (nSPS) is 10.4. The summed E-state index contributed by atoms with van der Waals surface area (Å²) in [5, 5.41) is 9.09. The average molecular weight is 241 g/mol. The Kier molecular flexibility index (Phi) is 2.79. The molecular formula is C12H7ClF2O. The van der Waals surface area contributed by atoms with Crippen molar-refractivity contribution in [2.24, 2.45) is 0 Å². The van der Waals surface area contributed by atoms with Crippen LogP contribution in [0.25, 0.3) is 11.1 Å². The maximum absolute atomic E-state index is 13.5. The molecule has 0 amide bonds. The third kappa shape index (κ3) is 1.99. The van der Waals surface area contributed by atoms with Crippen molar-refractivity contribution >= 4 is 11.6 Å². The quantitative estimate of drug-likeness (QED) is 0.799. The summed E-state index contributed by atoms with van der Waals surface area (Å²) in [5.41, 5.74) is 0.203. The molecule has 16 heavy (non-hydrogen) atoms. The Balaban J connectivity index is 2.60. The van der Waals surface area contributed by atoms with E-state index >= 15 is 0 Å². The molecular weight excluding hydrogens is 234 g/mol. The predicted octanol–water partition coefficient (Wildman–Crippen LogP) is 3.99. The number of phenolic OH excluding ortho intramolecular Hbond substituents is 1. The van der Waals surface area contributed by atoms with Gasteiger partial charge < -0.3 is 5.11 Å². The number of benzene rings is 2. The number of hydrogen-bond acceptors (Lipinski definition) is 1. The molecule has 0 aliphatic carbocycles. The molecule has 0 fully saturated rings. The first kappa shape index (κ1) is 10.9. The van der Waals surface area contributed by atoms with Gasteiger partial charge in [0.05, 0.1) is 5.56 Å². The predicted molar refractivity (Wildman–Crippen MR) is 58.5 cm³/mol. The van der Waals surface area contributed by atoms with Crippen LogP contribution in [0.5, 0.6) is 5.75 Å². The zero-order chi connectivity index (χ0) is 11.7. The summed E-state index contributed by atoms with van der Waals surface area (Å²) in [6, 6.07) is 7.70. The van der Waals surface area contributed by atoms with Crippen molar-refractivity contribution in [3.8, 4) is 16.9 Å². The average Bonchev–Trinajstić information content (AvgIpc) is 2.19. The van der Waals surface area contributed by atoms with Gasteiger partial charge in [0.1, 0.15) is 17.4 Å². The Bertz CT molecular complexity index is 500. The van der Waals surface area contributed by atoms with Crippen LogP contribution in [0.15, 0.2) is 36.4 Å². The minimum absolute atomic E-state index is 0.0116. The first-order chi connectivity index (χ1) is 7.58. The lowest BCUT2D eigenvalue weighted by molar-refractivity contribution is 0.475. The zero-order valence-electron chi connectivity index (χ0n) is 8.05. The Hall–Kier alpha value is -1.61. The van der Waals surface area contributed by atoms with Gasteiger partial charge in [0.25, 0.3) is 0 Å². The molecule has 82 valence electrons. The Morgan fingerprint density at radius 1 is 0.938 bits per heavy atom. The third-order valence-corrected chi connectivity index (χ3v) is 2.38. The molecule has 0 heterocycles. The fraction of sp³-hybridized carbons (Fsp3) is 0. The Labute approximate surface area is 95.9 Å². The number of halogens is 3. The molecule has 0 aliphatic heterocycles. The van der Waals surface area contributed by atoms with E-state index in [1.165, 1.54) is 24.3 Å². The second-order valence-electron chi connectivity index (χ2n) is 3.29. The molecule has 4 heteroatoms. The monoisotopic (exact) mass is 240 g/mol. The van der Waals surface area contributed by atoms with E-state index in [0.29, 0.717) is 5.56 Å². The van der Waals surface area contributed by atoms with Crippen molar-refractivity contribution in [2.75, 3.05) is 0 Å². The Morgan fingerprint density at radius 2 is 1.44 bits per heavy atom. The molecule has 1 nitrogen and oxygen atoms in total. The van der Waals surface area contributed by atoms with Gasteiger partial charge in [-0.1, -0.05) is 23.7 Å². The molecule has 0 unspecified atom stereocenters. The topological polar surface area (TPSA) is 20.2 Å². The van der Waals surface area contributed by atoms with Crippen LogP contribution in [-0.2, 0) is 0 Å². The molecule has 0 saturated heterocycles. The van der Waals surface area contributed by atoms with Gasteiger partial charge in [-0.15, -0.1) is 0 Å². The van der Waals surface area contributed by atoms with E-state index in [0.717, 1.165) is 12.1 Å². The summed E-state index contributed by atoms with van der Waals surface area (Å²) in [6.45, 7) is 0. The largest absolute Gasteiger partial charge is 0.508 e. The van der Waals surface area contributed by atoms with Crippen molar-refractivity contribution in [3.63, 3.8) is 0 Å². The highest BCUT2D eigenvalue weighted by molar-refractivity contribution is 6.30. The number of phenols is 1. The standard InChI is InChI=1S/C12H7ClF2O/c13-8-5-10(14)12(11(15)6-8)7-1-3-9(16)4-2-7/h1-6,16H. The van der Waals surface area contributed by atoms with Gasteiger partial charge >= 0.3 is 0 Å². The summed E-state index contributed by atoms with van der Waals surface area (Å²) in [6.07, 6.45) is 0. The second kappa shape index (κ2) is 4.10. The highest BCUT2D eigenvalue weighted by atomic mass is 35.5. The molecule has 2 rings (SSSR count). The maximum Gasteiger partial charge on any atom is 0.135 e. The van der Waals surface area contributed by atoms with Gasteiger partial charge in [-0.3, -0.25) is 0 Å². The molecule has 2 aromatic rings. The fourth-order valence-electron chi connectivity index (χ4n) is 1.45. The molecule has 0 aliphatic rings. The van der Waals surface area contributed by atoms with Crippen LogP contribution < -0.4 is 0 Å². The smallest absolute Gasteiger partial charge is 0.135 e. The highest BCUT2D eigenvalue weighted by Gasteiger charge is 2.12. The van der Waals surface area contributed by atoms with Crippen LogP contribution >= 0.6 is 11.6 Å². The third-order valence-electron chi connectivity index (χ3n) is 2.16. The molecule has 2 aromatic carbocycles. The van der Waals surface area contributed by atoms with Gasteiger partial charge in [0.15, 0.2) is 0 Å². The van der Waals surface area contributed by atoms with Crippen molar-refractivity contribution in [1.82, 2.24) is 0 Å². The lowest BCUT2D eigenvalue weighted by atomic mass is 10.0. The number of aromatic hydroxyl groups is 1. The van der Waals surface area contributed by atoms with Gasteiger partial charge in [0.2, 0.25) is 0 Å². The van der Waals surface area contributed by atoms with Gasteiger partial charge in [0, 0.05) is 5.02 Å². The summed E-state index contributed by atoms with van der Waals surface area (Å²) < 4.78 is 27.0. The van der Waals surface area contributed by atoms with Gasteiger partial charge in [-0.25, -0.2) is 8.78 Å². The fourth-order valence-corrected chi connectivity index (χ4v) is 1.64. The first-order valence-corrected chi connectivity index (χ1v) is 4.89. The van der Waals surface area contributed by atoms with Gasteiger partial charge in [-0.05, 0) is 29.8 Å². The van der Waals surface area contributed by atoms with Crippen LogP contribution in [-0.4, -0.2) is 5.11 Å². The summed E-state index contributed by atoms with van der Waals surface area (Å²) in [4.78, 5) is 0. The van der Waals surface area contributed by atoms with E-state index in [-0.39, 0.29) is 16.3 Å². The zero-order valence-corrected chi connectivity index (χ0v) is 8.80. The van der Waals surface area contributed by atoms with Crippen molar-refractivity contribution in [2.45, 2.75) is 0 Å². The van der Waals surface area contributed by atoms with E-state index in [2.05, 4.69) is 0 Å². The molecule has 0 spiro atoms. The molecule has 0 bridgehead atoms. The minimum Gasteiger partial charge on any atom is -0.508 e. The minimum atomic E-state index is -0.726. The summed E-state index contributed by atoms with van der Waals surface area (Å²) >= 11 is 5.51. The lowest BCUT2D eigenvalue weighted by Gasteiger charge is -2.05. The molecule has 0 atom stereocenters. The van der Waals surface area contributed by atoms with E-state index in [4.69, 9.17) is 16.7 Å². The van der Waals surface area contributed by atoms with Crippen molar-refractivity contribution < 1.29 is 13.9 Å². The molecule has 1 N–H and O–H groups in total. The van der Waals surface area contributed by atoms with E-state index in [1.54, 1.807) is 0 Å². The van der Waals surface area contributed by atoms with E-state index in [9.17, 15) is 8.78 Å². The van der Waals surface area contributed by atoms with Crippen LogP contribution in [0, 0.1) is 11.6 Å². The van der Waals surface area contributed by atoms with Crippen LogP contribution in [0.3, 0.4) is 0 Å². The molecule has 0 radical (unpaired) electrons. The van der Waals surface area contributed by atoms with E-state index in [1.807, 2.05) is 0 Å². The number of rotatable bonds is 1. The lowest BCUT2D eigenvalue weighted by Crippen LogP contribution is -1.90. The maximum atomic E-state index is 13.5. The first-order valence-electron chi connectivity index (χ1n) is 4.52. The molecule has 0 aromatic heterocycles. The van der Waals surface area contributed by atoms with Crippen molar-refractivity contribution in [3.05, 3.63) is 53.1 Å².